The Morgan fingerprint density at radius 2 is 2.00 bits per heavy atom. The summed E-state index contributed by atoms with van der Waals surface area (Å²) >= 11 is 0. The molecule has 0 saturated heterocycles. The second-order valence-corrected chi connectivity index (χ2v) is 6.56. The second kappa shape index (κ2) is 8.44. The molecule has 3 aromatic rings. The van der Waals surface area contributed by atoms with Gasteiger partial charge in [-0.25, -0.2) is 4.68 Å². The van der Waals surface area contributed by atoms with Gasteiger partial charge in [0, 0.05) is 12.1 Å². The van der Waals surface area contributed by atoms with Crippen LogP contribution in [0.25, 0.3) is 0 Å². The summed E-state index contributed by atoms with van der Waals surface area (Å²) in [5, 5.41) is 14.6. The number of nitrogens with one attached hydrogen (secondary N) is 1. The van der Waals surface area contributed by atoms with Crippen LogP contribution in [0.3, 0.4) is 0 Å². The number of nitrogens with zero attached hydrogens (tertiary/aromatic N) is 4. The van der Waals surface area contributed by atoms with Crippen LogP contribution in [0.2, 0.25) is 0 Å². The molecule has 0 aliphatic heterocycles. The van der Waals surface area contributed by atoms with Crippen molar-refractivity contribution in [3.8, 4) is 5.75 Å². The third-order valence-electron chi connectivity index (χ3n) is 4.21. The lowest BCUT2D eigenvalue weighted by molar-refractivity contribution is 0.0950. The van der Waals surface area contributed by atoms with Crippen LogP contribution in [-0.2, 0) is 13.2 Å². The Kier molecular flexibility index (Phi) is 5.80. The van der Waals surface area contributed by atoms with Gasteiger partial charge in [-0.15, -0.1) is 5.10 Å². The Hall–Kier alpha value is -3.22. The van der Waals surface area contributed by atoms with Crippen LogP contribution >= 0.6 is 0 Å². The number of carbonyl (C=O) groups is 1. The molecule has 7 nitrogen and oxygen atoms in total. The Morgan fingerprint density at radius 1 is 1.19 bits per heavy atom. The molecule has 0 spiro atoms. The van der Waals surface area contributed by atoms with E-state index in [0.717, 1.165) is 11.1 Å². The van der Waals surface area contributed by atoms with Gasteiger partial charge in [0.05, 0.1) is 6.04 Å². The number of carbonyl (C=O) groups excluding carboxylic acids is 1. The van der Waals surface area contributed by atoms with E-state index in [1.165, 1.54) is 0 Å². The maximum Gasteiger partial charge on any atom is 0.251 e. The highest BCUT2D eigenvalue weighted by atomic mass is 16.5. The van der Waals surface area contributed by atoms with Crippen molar-refractivity contribution in [2.75, 3.05) is 0 Å². The van der Waals surface area contributed by atoms with Crippen LogP contribution in [0, 0.1) is 6.92 Å². The number of tetrazole rings is 1. The number of aromatic nitrogens is 4. The first-order chi connectivity index (χ1) is 13.0. The molecule has 140 valence electrons. The van der Waals surface area contributed by atoms with Gasteiger partial charge < -0.3 is 10.1 Å². The average molecular weight is 365 g/mol. The topological polar surface area (TPSA) is 81.9 Å². The van der Waals surface area contributed by atoms with E-state index in [4.69, 9.17) is 4.74 Å². The van der Waals surface area contributed by atoms with Gasteiger partial charge in [-0.1, -0.05) is 30.3 Å². The summed E-state index contributed by atoms with van der Waals surface area (Å²) in [4.78, 5) is 12.5. The molecule has 0 radical (unpaired) electrons. The number of aryl methyl sites for hydroxylation is 1. The van der Waals surface area contributed by atoms with Gasteiger partial charge in [0.1, 0.15) is 12.4 Å². The largest absolute Gasteiger partial charge is 0.486 e. The molecule has 27 heavy (non-hydrogen) atoms. The molecule has 2 aromatic carbocycles. The molecule has 1 N–H and O–H groups in total. The zero-order valence-corrected chi connectivity index (χ0v) is 15.7. The number of rotatable bonds is 7. The summed E-state index contributed by atoms with van der Waals surface area (Å²) < 4.78 is 7.48. The van der Waals surface area contributed by atoms with Crippen molar-refractivity contribution in [3.63, 3.8) is 0 Å². The SMILES string of the molecule is Cc1ccccc1CNC(=O)c1cccc(OCc2nnnn2C(C)C)c1. The highest BCUT2D eigenvalue weighted by molar-refractivity contribution is 5.94. The van der Waals surface area contributed by atoms with E-state index < -0.39 is 0 Å². The third kappa shape index (κ3) is 4.69. The fourth-order valence-electron chi connectivity index (χ4n) is 2.67. The number of benzene rings is 2. The molecule has 0 atom stereocenters. The number of ether oxygens (including phenoxy) is 1. The summed E-state index contributed by atoms with van der Waals surface area (Å²) in [5.74, 6) is 1.09. The molecule has 0 bridgehead atoms. The normalized spacial score (nSPS) is 10.8. The molecule has 0 fully saturated rings. The van der Waals surface area contributed by atoms with Crippen LogP contribution in [0.4, 0.5) is 0 Å². The lowest BCUT2D eigenvalue weighted by Crippen LogP contribution is -2.23. The van der Waals surface area contributed by atoms with Gasteiger partial charge in [-0.2, -0.15) is 0 Å². The standard InChI is InChI=1S/C20H23N5O2/c1-14(2)25-19(22-23-24-25)13-27-18-10-6-9-16(11-18)20(26)21-12-17-8-5-4-7-15(17)3/h4-11,14H,12-13H2,1-3H3,(H,21,26). The molecule has 1 aromatic heterocycles. The van der Waals surface area contributed by atoms with Crippen LogP contribution in [0.5, 0.6) is 5.75 Å². The van der Waals surface area contributed by atoms with Crippen molar-refractivity contribution in [1.29, 1.82) is 0 Å². The average Bonchev–Trinajstić information content (AvgIpc) is 3.15. The van der Waals surface area contributed by atoms with Gasteiger partial charge in [0.15, 0.2) is 5.82 Å². The van der Waals surface area contributed by atoms with Gasteiger partial charge in [0.2, 0.25) is 0 Å². The second-order valence-electron chi connectivity index (χ2n) is 6.56. The molecular weight excluding hydrogens is 342 g/mol. The van der Waals surface area contributed by atoms with Gasteiger partial charge >= 0.3 is 0 Å². The minimum absolute atomic E-state index is 0.143. The van der Waals surface area contributed by atoms with Crippen molar-refractivity contribution < 1.29 is 9.53 Å². The lowest BCUT2D eigenvalue weighted by atomic mass is 10.1. The Balaban J connectivity index is 1.62. The monoisotopic (exact) mass is 365 g/mol. The summed E-state index contributed by atoms with van der Waals surface area (Å²) in [6.45, 7) is 6.75. The van der Waals surface area contributed by atoms with Crippen molar-refractivity contribution in [2.45, 2.75) is 40.0 Å². The summed E-state index contributed by atoms with van der Waals surface area (Å²) in [5.41, 5.74) is 2.79. The van der Waals surface area contributed by atoms with Crippen LogP contribution in [0.1, 0.15) is 47.2 Å². The van der Waals surface area contributed by atoms with E-state index in [-0.39, 0.29) is 18.6 Å². The van der Waals surface area contributed by atoms with E-state index >= 15 is 0 Å². The van der Waals surface area contributed by atoms with E-state index in [9.17, 15) is 4.79 Å². The van der Waals surface area contributed by atoms with Crippen LogP contribution < -0.4 is 10.1 Å². The van der Waals surface area contributed by atoms with Gasteiger partial charge in [-0.05, 0) is 60.5 Å². The predicted octanol–water partition coefficient (Wildman–Crippen LogP) is 3.07. The zero-order chi connectivity index (χ0) is 19.2. The Morgan fingerprint density at radius 3 is 2.78 bits per heavy atom. The molecule has 0 saturated carbocycles. The molecule has 1 amide bonds. The predicted molar refractivity (Wildman–Crippen MR) is 101 cm³/mol. The molecule has 1 heterocycles. The van der Waals surface area contributed by atoms with E-state index in [1.807, 2.05) is 51.1 Å². The Bertz CT molecular complexity index is 920. The van der Waals surface area contributed by atoms with Crippen molar-refractivity contribution >= 4 is 5.91 Å². The van der Waals surface area contributed by atoms with E-state index in [0.29, 0.717) is 23.7 Å². The number of amides is 1. The minimum atomic E-state index is -0.143. The van der Waals surface area contributed by atoms with Gasteiger partial charge in [-0.3, -0.25) is 4.79 Å². The first-order valence-electron chi connectivity index (χ1n) is 8.87. The molecule has 0 unspecified atom stereocenters. The molecule has 0 aliphatic rings. The highest BCUT2D eigenvalue weighted by Crippen LogP contribution is 2.16. The fourth-order valence-corrected chi connectivity index (χ4v) is 2.67. The number of hydrogen-bond acceptors (Lipinski definition) is 5. The summed E-state index contributed by atoms with van der Waals surface area (Å²) in [6, 6.07) is 15.2. The maximum atomic E-state index is 12.5. The lowest BCUT2D eigenvalue weighted by Gasteiger charge is -2.11. The maximum absolute atomic E-state index is 12.5. The minimum Gasteiger partial charge on any atom is -0.486 e. The van der Waals surface area contributed by atoms with E-state index in [2.05, 4.69) is 20.8 Å². The molecule has 0 aliphatic carbocycles. The smallest absolute Gasteiger partial charge is 0.251 e. The number of hydrogen-bond donors (Lipinski definition) is 1. The molecular formula is C20H23N5O2. The zero-order valence-electron chi connectivity index (χ0n) is 15.7. The quantitative estimate of drug-likeness (QED) is 0.696. The van der Waals surface area contributed by atoms with Crippen LogP contribution in [-0.4, -0.2) is 26.1 Å². The van der Waals surface area contributed by atoms with Crippen molar-refractivity contribution in [2.24, 2.45) is 0 Å². The Labute approximate surface area is 158 Å². The van der Waals surface area contributed by atoms with Crippen molar-refractivity contribution in [1.82, 2.24) is 25.5 Å². The van der Waals surface area contributed by atoms with Crippen molar-refractivity contribution in [3.05, 3.63) is 71.0 Å². The summed E-state index contributed by atoms with van der Waals surface area (Å²) in [6.07, 6.45) is 0. The molecule has 7 heteroatoms. The highest BCUT2D eigenvalue weighted by Gasteiger charge is 2.11. The summed E-state index contributed by atoms with van der Waals surface area (Å²) in [7, 11) is 0. The molecule has 3 rings (SSSR count). The van der Waals surface area contributed by atoms with E-state index in [1.54, 1.807) is 22.9 Å². The van der Waals surface area contributed by atoms with Crippen LogP contribution in [0.15, 0.2) is 48.5 Å². The third-order valence-corrected chi connectivity index (χ3v) is 4.21. The fraction of sp³-hybridized carbons (Fsp3) is 0.300. The van der Waals surface area contributed by atoms with Gasteiger partial charge in [0.25, 0.3) is 5.91 Å². The first-order valence-corrected chi connectivity index (χ1v) is 8.87. The first kappa shape index (κ1) is 18.6.